The van der Waals surface area contributed by atoms with Crippen LogP contribution < -0.4 is 5.32 Å². The lowest BCUT2D eigenvalue weighted by atomic mass is 9.92. The van der Waals surface area contributed by atoms with Gasteiger partial charge in [-0.2, -0.15) is 0 Å². The van der Waals surface area contributed by atoms with Gasteiger partial charge in [0.2, 0.25) is 5.91 Å². The van der Waals surface area contributed by atoms with Gasteiger partial charge in [-0.15, -0.1) is 0 Å². The highest BCUT2D eigenvalue weighted by molar-refractivity contribution is 5.92. The number of anilines is 1. The summed E-state index contributed by atoms with van der Waals surface area (Å²) >= 11 is 0. The van der Waals surface area contributed by atoms with Crippen LogP contribution in [0.5, 0.6) is 0 Å². The number of para-hydroxylation sites is 1. The van der Waals surface area contributed by atoms with Crippen molar-refractivity contribution in [1.82, 2.24) is 0 Å². The first-order chi connectivity index (χ1) is 10.5. The summed E-state index contributed by atoms with van der Waals surface area (Å²) in [5.41, 5.74) is 3.56. The van der Waals surface area contributed by atoms with Crippen LogP contribution in [0, 0.1) is 5.92 Å². The minimum absolute atomic E-state index is 0.182. The third kappa shape index (κ3) is 4.34. The second kappa shape index (κ2) is 7.80. The molecule has 122 valence electrons. The molecule has 1 aliphatic carbocycles. The number of hydrogen-bond acceptors (Lipinski definition) is 1. The van der Waals surface area contributed by atoms with Crippen molar-refractivity contribution in [3.8, 4) is 0 Å². The SMILES string of the molecule is CC(C)c1cccc(C(C)C)c1NC(=O)CCC1CCCC1. The maximum absolute atomic E-state index is 12.4. The van der Waals surface area contributed by atoms with Crippen LogP contribution in [0.15, 0.2) is 18.2 Å². The molecule has 1 N–H and O–H groups in total. The molecule has 0 aromatic heterocycles. The van der Waals surface area contributed by atoms with Crippen LogP contribution in [0.2, 0.25) is 0 Å². The van der Waals surface area contributed by atoms with Crippen molar-refractivity contribution >= 4 is 11.6 Å². The number of carbonyl (C=O) groups is 1. The van der Waals surface area contributed by atoms with E-state index >= 15 is 0 Å². The molecule has 2 heteroatoms. The summed E-state index contributed by atoms with van der Waals surface area (Å²) in [7, 11) is 0. The van der Waals surface area contributed by atoms with Crippen LogP contribution in [0.1, 0.15) is 89.2 Å². The molecule has 1 amide bonds. The molecule has 2 nitrogen and oxygen atoms in total. The van der Waals surface area contributed by atoms with Crippen LogP contribution in [0.4, 0.5) is 5.69 Å². The average molecular weight is 301 g/mol. The van der Waals surface area contributed by atoms with E-state index in [4.69, 9.17) is 0 Å². The first kappa shape index (κ1) is 17.1. The normalized spacial score (nSPS) is 15.7. The van der Waals surface area contributed by atoms with Crippen LogP contribution in [-0.4, -0.2) is 5.91 Å². The summed E-state index contributed by atoms with van der Waals surface area (Å²) in [6.07, 6.45) is 7.03. The van der Waals surface area contributed by atoms with Gasteiger partial charge in [-0.3, -0.25) is 4.79 Å². The summed E-state index contributed by atoms with van der Waals surface area (Å²) in [6, 6.07) is 6.39. The van der Waals surface area contributed by atoms with E-state index in [-0.39, 0.29) is 5.91 Å². The second-order valence-electron chi connectivity index (χ2n) is 7.36. The molecule has 2 rings (SSSR count). The Kier molecular flexibility index (Phi) is 6.05. The minimum atomic E-state index is 0.182. The summed E-state index contributed by atoms with van der Waals surface area (Å²) in [6.45, 7) is 8.75. The Hall–Kier alpha value is -1.31. The lowest BCUT2D eigenvalue weighted by Crippen LogP contribution is -2.16. The molecule has 0 saturated heterocycles. The molecule has 0 bridgehead atoms. The fourth-order valence-electron chi connectivity index (χ4n) is 3.53. The zero-order valence-electron chi connectivity index (χ0n) is 14.6. The molecule has 0 heterocycles. The molecule has 22 heavy (non-hydrogen) atoms. The highest BCUT2D eigenvalue weighted by atomic mass is 16.1. The van der Waals surface area contributed by atoms with Gasteiger partial charge < -0.3 is 5.32 Å². The third-order valence-electron chi connectivity index (χ3n) is 4.89. The third-order valence-corrected chi connectivity index (χ3v) is 4.89. The van der Waals surface area contributed by atoms with Gasteiger partial charge >= 0.3 is 0 Å². The lowest BCUT2D eigenvalue weighted by molar-refractivity contribution is -0.116. The predicted octanol–water partition coefficient (Wildman–Crippen LogP) is 5.84. The van der Waals surface area contributed by atoms with E-state index in [0.29, 0.717) is 18.3 Å². The van der Waals surface area contributed by atoms with Gasteiger partial charge in [-0.05, 0) is 35.3 Å². The molecular formula is C20H31NO. The fraction of sp³-hybridized carbons (Fsp3) is 0.650. The Morgan fingerprint density at radius 3 is 2.14 bits per heavy atom. The van der Waals surface area contributed by atoms with Crippen molar-refractivity contribution in [2.24, 2.45) is 5.92 Å². The van der Waals surface area contributed by atoms with Gasteiger partial charge in [0.25, 0.3) is 0 Å². The topological polar surface area (TPSA) is 29.1 Å². The van der Waals surface area contributed by atoms with Crippen LogP contribution in [-0.2, 0) is 4.79 Å². The smallest absolute Gasteiger partial charge is 0.224 e. The van der Waals surface area contributed by atoms with Crippen molar-refractivity contribution in [3.05, 3.63) is 29.3 Å². The standard InChI is InChI=1S/C20H31NO/c1-14(2)17-10-7-11-18(15(3)4)20(17)21-19(22)13-12-16-8-5-6-9-16/h7,10-11,14-16H,5-6,8-9,12-13H2,1-4H3,(H,21,22). The number of benzene rings is 1. The summed E-state index contributed by atoms with van der Waals surface area (Å²) in [5.74, 6) is 1.80. The number of nitrogens with one attached hydrogen (secondary N) is 1. The molecule has 1 aliphatic rings. The monoisotopic (exact) mass is 301 g/mol. The lowest BCUT2D eigenvalue weighted by Gasteiger charge is -2.20. The molecule has 0 spiro atoms. The van der Waals surface area contributed by atoms with E-state index in [0.717, 1.165) is 18.0 Å². The quantitative estimate of drug-likeness (QED) is 0.702. The Labute approximate surface area is 135 Å². The molecule has 1 saturated carbocycles. The first-order valence-electron chi connectivity index (χ1n) is 8.91. The largest absolute Gasteiger partial charge is 0.326 e. The van der Waals surface area contributed by atoms with Crippen molar-refractivity contribution in [1.29, 1.82) is 0 Å². The molecule has 1 aromatic carbocycles. The van der Waals surface area contributed by atoms with Crippen molar-refractivity contribution in [2.75, 3.05) is 5.32 Å². The highest BCUT2D eigenvalue weighted by Crippen LogP contribution is 2.33. The first-order valence-corrected chi connectivity index (χ1v) is 8.91. The summed E-state index contributed by atoms with van der Waals surface area (Å²) in [5, 5.41) is 3.23. The van der Waals surface area contributed by atoms with Gasteiger partial charge in [0, 0.05) is 12.1 Å². The molecular weight excluding hydrogens is 270 g/mol. The molecule has 0 radical (unpaired) electrons. The maximum atomic E-state index is 12.4. The Bertz CT molecular complexity index is 472. The number of amides is 1. The zero-order chi connectivity index (χ0) is 16.1. The molecule has 1 fully saturated rings. The number of hydrogen-bond donors (Lipinski definition) is 1. The summed E-state index contributed by atoms with van der Waals surface area (Å²) < 4.78 is 0. The van der Waals surface area contributed by atoms with Crippen molar-refractivity contribution in [2.45, 2.75) is 78.1 Å². The highest BCUT2D eigenvalue weighted by Gasteiger charge is 2.18. The van der Waals surface area contributed by atoms with Crippen molar-refractivity contribution < 1.29 is 4.79 Å². The van der Waals surface area contributed by atoms with Crippen LogP contribution in [0.3, 0.4) is 0 Å². The zero-order valence-corrected chi connectivity index (χ0v) is 14.6. The van der Waals surface area contributed by atoms with E-state index in [1.54, 1.807) is 0 Å². The van der Waals surface area contributed by atoms with E-state index < -0.39 is 0 Å². The van der Waals surface area contributed by atoms with Gasteiger partial charge in [-0.25, -0.2) is 0 Å². The summed E-state index contributed by atoms with van der Waals surface area (Å²) in [4.78, 5) is 12.4. The van der Waals surface area contributed by atoms with Crippen LogP contribution >= 0.6 is 0 Å². The van der Waals surface area contributed by atoms with E-state index in [9.17, 15) is 4.79 Å². The van der Waals surface area contributed by atoms with Gasteiger partial charge in [-0.1, -0.05) is 71.6 Å². The number of rotatable bonds is 6. The van der Waals surface area contributed by atoms with E-state index in [1.807, 2.05) is 0 Å². The maximum Gasteiger partial charge on any atom is 0.224 e. The van der Waals surface area contributed by atoms with Gasteiger partial charge in [0.1, 0.15) is 0 Å². The fourth-order valence-corrected chi connectivity index (χ4v) is 3.53. The van der Waals surface area contributed by atoms with Crippen molar-refractivity contribution in [3.63, 3.8) is 0 Å². The van der Waals surface area contributed by atoms with E-state index in [1.165, 1.54) is 36.8 Å². The molecule has 1 aromatic rings. The molecule has 0 aliphatic heterocycles. The van der Waals surface area contributed by atoms with Crippen LogP contribution in [0.25, 0.3) is 0 Å². The average Bonchev–Trinajstić information content (AvgIpc) is 2.98. The van der Waals surface area contributed by atoms with E-state index in [2.05, 4.69) is 51.2 Å². The predicted molar refractivity (Wildman–Crippen MR) is 94.4 cm³/mol. The Morgan fingerprint density at radius 1 is 1.09 bits per heavy atom. The Morgan fingerprint density at radius 2 is 1.64 bits per heavy atom. The van der Waals surface area contributed by atoms with Gasteiger partial charge in [0.15, 0.2) is 0 Å². The number of carbonyl (C=O) groups excluding carboxylic acids is 1. The minimum Gasteiger partial charge on any atom is -0.326 e. The second-order valence-corrected chi connectivity index (χ2v) is 7.36. The van der Waals surface area contributed by atoms with Gasteiger partial charge in [0.05, 0.1) is 0 Å². The Balaban J connectivity index is 2.07. The molecule has 0 unspecified atom stereocenters. The molecule has 0 atom stereocenters.